The normalized spacial score (nSPS) is 24.0. The van der Waals surface area contributed by atoms with Gasteiger partial charge >= 0.3 is 0 Å². The van der Waals surface area contributed by atoms with E-state index in [0.717, 1.165) is 49.2 Å². The van der Waals surface area contributed by atoms with Crippen LogP contribution in [0.25, 0.3) is 0 Å². The number of benzene rings is 2. The van der Waals surface area contributed by atoms with Crippen molar-refractivity contribution in [1.29, 1.82) is 0 Å². The first-order chi connectivity index (χ1) is 12.8. The molecule has 2 heterocycles. The molecule has 3 nitrogen and oxygen atoms in total. The third kappa shape index (κ3) is 3.11. The molecule has 0 radical (unpaired) electrons. The Labute approximate surface area is 160 Å². The van der Waals surface area contributed by atoms with Crippen LogP contribution in [0.2, 0.25) is 0 Å². The summed E-state index contributed by atoms with van der Waals surface area (Å²) in [7, 11) is 0. The second-order valence-electron chi connectivity index (χ2n) is 8.71. The van der Waals surface area contributed by atoms with Crippen molar-refractivity contribution in [2.45, 2.75) is 51.1 Å². The van der Waals surface area contributed by atoms with Crippen LogP contribution in [0.15, 0.2) is 48.5 Å². The predicted octanol–water partition coefficient (Wildman–Crippen LogP) is 4.80. The monoisotopic (exact) mass is 366 g/mol. The predicted molar refractivity (Wildman–Crippen MR) is 107 cm³/mol. The summed E-state index contributed by atoms with van der Waals surface area (Å²) >= 11 is 0. The van der Waals surface area contributed by atoms with E-state index in [2.05, 4.69) is 23.6 Å². The van der Waals surface area contributed by atoms with E-state index in [4.69, 9.17) is 0 Å². The Morgan fingerprint density at radius 3 is 2.56 bits per heavy atom. The summed E-state index contributed by atoms with van der Waals surface area (Å²) in [5.74, 6) is -0.104. The van der Waals surface area contributed by atoms with Crippen molar-refractivity contribution in [3.05, 3.63) is 65.5 Å². The van der Waals surface area contributed by atoms with Crippen LogP contribution in [0, 0.1) is 12.7 Å². The van der Waals surface area contributed by atoms with Gasteiger partial charge in [0.15, 0.2) is 0 Å². The van der Waals surface area contributed by atoms with Gasteiger partial charge in [0.25, 0.3) is 5.91 Å². The molecule has 27 heavy (non-hydrogen) atoms. The number of carbonyl (C=O) groups is 1. The number of carbonyl (C=O) groups excluding carboxylic acids is 1. The van der Waals surface area contributed by atoms with E-state index < -0.39 is 0 Å². The summed E-state index contributed by atoms with van der Waals surface area (Å²) in [4.78, 5) is 17.6. The number of amides is 1. The quantitative estimate of drug-likeness (QED) is 0.762. The highest BCUT2D eigenvalue weighted by Crippen LogP contribution is 2.47. The maximum atomic E-state index is 13.8. The Morgan fingerprint density at radius 2 is 1.85 bits per heavy atom. The maximum absolute atomic E-state index is 13.8. The Hall–Kier alpha value is -2.36. The zero-order chi connectivity index (χ0) is 19.2. The average Bonchev–Trinajstić information content (AvgIpc) is 3.14. The van der Waals surface area contributed by atoms with Crippen molar-refractivity contribution in [1.82, 2.24) is 4.90 Å². The number of likely N-dealkylation sites (tertiary alicyclic amines) is 1. The Bertz CT molecular complexity index is 861. The molecule has 2 aromatic carbocycles. The molecule has 4 rings (SSSR count). The van der Waals surface area contributed by atoms with Crippen LogP contribution >= 0.6 is 0 Å². The number of nitrogens with zero attached hydrogens (tertiary/aromatic N) is 2. The standard InChI is InChI=1S/C23H27FN2O/c1-17-8-10-18(11-9-17)21(27)25-13-5-12-23(25)15-22(2,3)26(16-23)20-7-4-6-19(24)14-20/h4,6-11,14H,5,12-13,15-16H2,1-3H3. The van der Waals surface area contributed by atoms with E-state index >= 15 is 0 Å². The fourth-order valence-corrected chi connectivity index (χ4v) is 5.01. The molecule has 1 amide bonds. The molecular weight excluding hydrogens is 339 g/mol. The Morgan fingerprint density at radius 1 is 1.11 bits per heavy atom. The molecule has 4 heteroatoms. The van der Waals surface area contributed by atoms with Gasteiger partial charge in [-0.05, 0) is 70.4 Å². The van der Waals surface area contributed by atoms with Crippen LogP contribution in [0.4, 0.5) is 10.1 Å². The summed E-state index contributed by atoms with van der Waals surface area (Å²) in [6, 6.07) is 14.6. The third-order valence-corrected chi connectivity index (χ3v) is 6.20. The van der Waals surface area contributed by atoms with Crippen molar-refractivity contribution in [3.63, 3.8) is 0 Å². The van der Waals surface area contributed by atoms with Crippen molar-refractivity contribution in [2.24, 2.45) is 0 Å². The molecule has 2 aliphatic heterocycles. The molecule has 2 aliphatic rings. The fraction of sp³-hybridized carbons (Fsp3) is 0.435. The van der Waals surface area contributed by atoms with Gasteiger partial charge in [-0.2, -0.15) is 0 Å². The molecule has 0 saturated carbocycles. The summed E-state index contributed by atoms with van der Waals surface area (Å²) in [5, 5.41) is 0. The minimum Gasteiger partial charge on any atom is -0.364 e. The maximum Gasteiger partial charge on any atom is 0.254 e. The van der Waals surface area contributed by atoms with Gasteiger partial charge in [-0.25, -0.2) is 4.39 Å². The van der Waals surface area contributed by atoms with Gasteiger partial charge in [0.05, 0.1) is 5.54 Å². The van der Waals surface area contributed by atoms with Crippen LogP contribution in [0.1, 0.15) is 49.0 Å². The average molecular weight is 366 g/mol. The lowest BCUT2D eigenvalue weighted by atomic mass is 9.87. The van der Waals surface area contributed by atoms with Gasteiger partial charge in [0, 0.05) is 29.9 Å². The number of hydrogen-bond acceptors (Lipinski definition) is 2. The van der Waals surface area contributed by atoms with Crippen LogP contribution in [-0.4, -0.2) is 35.0 Å². The largest absolute Gasteiger partial charge is 0.364 e. The third-order valence-electron chi connectivity index (χ3n) is 6.20. The lowest BCUT2D eigenvalue weighted by Gasteiger charge is -2.35. The second kappa shape index (κ2) is 6.36. The van der Waals surface area contributed by atoms with E-state index in [-0.39, 0.29) is 22.8 Å². The molecule has 2 aromatic rings. The highest BCUT2D eigenvalue weighted by atomic mass is 19.1. The smallest absolute Gasteiger partial charge is 0.254 e. The van der Waals surface area contributed by atoms with Gasteiger partial charge in [0.1, 0.15) is 5.82 Å². The number of aryl methyl sites for hydroxylation is 1. The van der Waals surface area contributed by atoms with Gasteiger partial charge < -0.3 is 9.80 Å². The zero-order valence-electron chi connectivity index (χ0n) is 16.3. The van der Waals surface area contributed by atoms with Crippen LogP contribution in [0.3, 0.4) is 0 Å². The second-order valence-corrected chi connectivity index (χ2v) is 8.71. The number of rotatable bonds is 2. The molecule has 1 spiro atoms. The molecule has 0 aliphatic carbocycles. The Kier molecular flexibility index (Phi) is 4.25. The fourth-order valence-electron chi connectivity index (χ4n) is 5.01. The molecule has 1 atom stereocenters. The molecule has 142 valence electrons. The van der Waals surface area contributed by atoms with Gasteiger partial charge in [-0.15, -0.1) is 0 Å². The first kappa shape index (κ1) is 18.0. The number of hydrogen-bond donors (Lipinski definition) is 0. The molecular formula is C23H27FN2O. The molecule has 0 N–H and O–H groups in total. The summed E-state index contributed by atoms with van der Waals surface area (Å²) in [5.41, 5.74) is 2.49. The van der Waals surface area contributed by atoms with E-state index in [9.17, 15) is 9.18 Å². The topological polar surface area (TPSA) is 23.6 Å². The molecule has 2 fully saturated rings. The lowest BCUT2D eigenvalue weighted by molar-refractivity contribution is 0.0617. The van der Waals surface area contributed by atoms with Crippen LogP contribution in [0.5, 0.6) is 0 Å². The van der Waals surface area contributed by atoms with Crippen LogP contribution < -0.4 is 4.90 Å². The summed E-state index contributed by atoms with van der Waals surface area (Å²) in [6.45, 7) is 7.96. The highest BCUT2D eigenvalue weighted by molar-refractivity contribution is 5.95. The van der Waals surface area contributed by atoms with Crippen molar-refractivity contribution < 1.29 is 9.18 Å². The first-order valence-corrected chi connectivity index (χ1v) is 9.73. The van der Waals surface area contributed by atoms with Crippen molar-refractivity contribution >= 4 is 11.6 Å². The first-order valence-electron chi connectivity index (χ1n) is 9.73. The molecule has 2 saturated heterocycles. The highest BCUT2D eigenvalue weighted by Gasteiger charge is 2.54. The minimum atomic E-state index is -0.219. The molecule has 0 aromatic heterocycles. The van der Waals surface area contributed by atoms with Crippen molar-refractivity contribution in [2.75, 3.05) is 18.0 Å². The van der Waals surface area contributed by atoms with Gasteiger partial charge in [-0.3, -0.25) is 4.79 Å². The number of halogens is 1. The van der Waals surface area contributed by atoms with E-state index in [1.165, 1.54) is 6.07 Å². The minimum absolute atomic E-state index is 0.115. The lowest BCUT2D eigenvalue weighted by Crippen LogP contribution is -2.49. The number of anilines is 1. The van der Waals surface area contributed by atoms with Crippen LogP contribution in [-0.2, 0) is 0 Å². The van der Waals surface area contributed by atoms with Crippen molar-refractivity contribution in [3.8, 4) is 0 Å². The summed E-state index contributed by atoms with van der Waals surface area (Å²) in [6.07, 6.45) is 2.92. The molecule has 1 unspecified atom stereocenters. The van der Waals surface area contributed by atoms with Gasteiger partial charge in [-0.1, -0.05) is 23.8 Å². The SMILES string of the molecule is Cc1ccc(C(=O)N2CCCC23CN(c2cccc(F)c2)C(C)(C)C3)cc1. The van der Waals surface area contributed by atoms with Gasteiger partial charge in [0.2, 0.25) is 0 Å². The van der Waals surface area contributed by atoms with E-state index in [1.807, 2.05) is 37.3 Å². The summed E-state index contributed by atoms with van der Waals surface area (Å²) < 4.78 is 13.8. The molecule has 0 bridgehead atoms. The Balaban J connectivity index is 1.66. The van der Waals surface area contributed by atoms with E-state index in [0.29, 0.717) is 0 Å². The zero-order valence-corrected chi connectivity index (χ0v) is 16.3. The van der Waals surface area contributed by atoms with E-state index in [1.54, 1.807) is 12.1 Å².